The molecule has 0 aliphatic carbocycles. The molecule has 3 N–H and O–H groups in total. The summed E-state index contributed by atoms with van der Waals surface area (Å²) in [5, 5.41) is 13.7. The molecule has 0 radical (unpaired) electrons. The Morgan fingerprint density at radius 3 is 2.65 bits per heavy atom. The van der Waals surface area contributed by atoms with Crippen LogP contribution < -0.4 is 14.8 Å². The number of hydrogen-bond acceptors (Lipinski definition) is 4. The van der Waals surface area contributed by atoms with E-state index in [1.165, 1.54) is 14.0 Å². The first-order valence-corrected chi connectivity index (χ1v) is 8.34. The minimum atomic E-state index is -0.0599. The van der Waals surface area contributed by atoms with E-state index in [0.717, 1.165) is 33.5 Å². The second-order valence-electron chi connectivity index (χ2n) is 6.01. The van der Waals surface area contributed by atoms with Crippen LogP contribution in [-0.2, 0) is 11.2 Å². The van der Waals surface area contributed by atoms with E-state index in [2.05, 4.69) is 10.3 Å². The van der Waals surface area contributed by atoms with E-state index < -0.39 is 0 Å². The molecule has 0 unspecified atom stereocenters. The van der Waals surface area contributed by atoms with E-state index in [4.69, 9.17) is 9.47 Å². The summed E-state index contributed by atoms with van der Waals surface area (Å²) in [5.41, 5.74) is 3.87. The van der Waals surface area contributed by atoms with Gasteiger partial charge in [0.2, 0.25) is 5.91 Å². The van der Waals surface area contributed by atoms with Crippen molar-refractivity contribution in [2.45, 2.75) is 13.3 Å². The van der Waals surface area contributed by atoms with Gasteiger partial charge in [0.05, 0.1) is 14.2 Å². The molecule has 26 heavy (non-hydrogen) atoms. The molecule has 0 spiro atoms. The number of aromatic nitrogens is 1. The fraction of sp³-hybridized carbons (Fsp3) is 0.250. The highest BCUT2D eigenvalue weighted by Gasteiger charge is 2.15. The third-order valence-corrected chi connectivity index (χ3v) is 4.33. The molecule has 0 aliphatic heterocycles. The largest absolute Gasteiger partial charge is 0.504 e. The first kappa shape index (κ1) is 17.7. The maximum atomic E-state index is 11.2. The molecule has 0 aliphatic rings. The van der Waals surface area contributed by atoms with Crippen molar-refractivity contribution in [3.05, 3.63) is 42.0 Å². The molecule has 1 heterocycles. The molecule has 0 saturated heterocycles. The Balaban J connectivity index is 2.12. The second kappa shape index (κ2) is 7.39. The van der Waals surface area contributed by atoms with Crippen LogP contribution in [0.3, 0.4) is 0 Å². The number of amides is 1. The normalized spacial score (nSPS) is 10.7. The number of phenolic OH excluding ortho intramolecular Hbond substituents is 1. The predicted molar refractivity (Wildman–Crippen MR) is 101 cm³/mol. The SMILES string of the molecule is COc1ccc2[nH]c(-c3ccc(O)c(OC)c3)c(CCNC(C)=O)c2c1. The number of fused-ring (bicyclic) bond motifs is 1. The van der Waals surface area contributed by atoms with Crippen LogP contribution in [0.15, 0.2) is 36.4 Å². The van der Waals surface area contributed by atoms with Crippen LogP contribution in [0.1, 0.15) is 12.5 Å². The predicted octanol–water partition coefficient (Wildman–Crippen LogP) is 3.24. The molecule has 0 bridgehead atoms. The van der Waals surface area contributed by atoms with Crippen molar-refractivity contribution >= 4 is 16.8 Å². The molecule has 1 amide bonds. The zero-order valence-corrected chi connectivity index (χ0v) is 15.1. The first-order chi connectivity index (χ1) is 12.5. The molecule has 0 atom stereocenters. The van der Waals surface area contributed by atoms with Gasteiger partial charge in [-0.05, 0) is 48.4 Å². The van der Waals surface area contributed by atoms with Crippen molar-refractivity contribution in [1.29, 1.82) is 0 Å². The molecular weight excluding hydrogens is 332 g/mol. The number of aromatic hydroxyl groups is 1. The topological polar surface area (TPSA) is 83.6 Å². The second-order valence-corrected chi connectivity index (χ2v) is 6.01. The van der Waals surface area contributed by atoms with Crippen LogP contribution >= 0.6 is 0 Å². The van der Waals surface area contributed by atoms with Crippen LogP contribution in [0.25, 0.3) is 22.2 Å². The summed E-state index contributed by atoms with van der Waals surface area (Å²) in [6, 6.07) is 11.1. The summed E-state index contributed by atoms with van der Waals surface area (Å²) in [6.45, 7) is 2.03. The number of phenols is 1. The third kappa shape index (κ3) is 3.44. The molecule has 6 heteroatoms. The lowest BCUT2D eigenvalue weighted by atomic mass is 10.0. The third-order valence-electron chi connectivity index (χ3n) is 4.33. The van der Waals surface area contributed by atoms with Gasteiger partial charge in [0.1, 0.15) is 5.75 Å². The number of ether oxygens (including phenoxy) is 2. The fourth-order valence-electron chi connectivity index (χ4n) is 3.06. The number of H-pyrrole nitrogens is 1. The van der Waals surface area contributed by atoms with Crippen LogP contribution in [0.2, 0.25) is 0 Å². The Kier molecular flexibility index (Phi) is 5.02. The Labute approximate surface area is 151 Å². The monoisotopic (exact) mass is 354 g/mol. The molecule has 0 saturated carbocycles. The van der Waals surface area contributed by atoms with Gasteiger partial charge >= 0.3 is 0 Å². The van der Waals surface area contributed by atoms with Gasteiger partial charge in [-0.3, -0.25) is 4.79 Å². The van der Waals surface area contributed by atoms with E-state index >= 15 is 0 Å². The molecule has 1 aromatic heterocycles. The Bertz CT molecular complexity index is 946. The maximum absolute atomic E-state index is 11.2. The van der Waals surface area contributed by atoms with Crippen molar-refractivity contribution in [3.8, 4) is 28.5 Å². The van der Waals surface area contributed by atoms with Gasteiger partial charge < -0.3 is 24.9 Å². The molecular formula is C20H22N2O4. The van der Waals surface area contributed by atoms with Crippen molar-refractivity contribution in [1.82, 2.24) is 10.3 Å². The molecule has 2 aromatic carbocycles. The average molecular weight is 354 g/mol. The number of hydrogen-bond donors (Lipinski definition) is 3. The van der Waals surface area contributed by atoms with Gasteiger partial charge in [0, 0.05) is 35.6 Å². The number of benzene rings is 2. The minimum absolute atomic E-state index is 0.0599. The Hall–Kier alpha value is -3.15. The molecule has 6 nitrogen and oxygen atoms in total. The number of carbonyl (C=O) groups is 1. The van der Waals surface area contributed by atoms with Gasteiger partial charge in [0.25, 0.3) is 0 Å². The summed E-state index contributed by atoms with van der Waals surface area (Å²) in [6.07, 6.45) is 0.658. The summed E-state index contributed by atoms with van der Waals surface area (Å²) < 4.78 is 10.6. The number of methoxy groups -OCH3 is 2. The van der Waals surface area contributed by atoms with Crippen molar-refractivity contribution in [2.24, 2.45) is 0 Å². The highest BCUT2D eigenvalue weighted by atomic mass is 16.5. The highest BCUT2D eigenvalue weighted by molar-refractivity contribution is 5.92. The highest BCUT2D eigenvalue weighted by Crippen LogP contribution is 2.36. The summed E-state index contributed by atoms with van der Waals surface area (Å²) in [4.78, 5) is 14.7. The lowest BCUT2D eigenvalue weighted by Gasteiger charge is -2.09. The molecule has 3 aromatic rings. The van der Waals surface area contributed by atoms with Gasteiger partial charge in [-0.25, -0.2) is 0 Å². The van der Waals surface area contributed by atoms with Gasteiger partial charge in [-0.2, -0.15) is 0 Å². The van der Waals surface area contributed by atoms with Gasteiger partial charge in [-0.15, -0.1) is 0 Å². The zero-order valence-electron chi connectivity index (χ0n) is 15.1. The summed E-state index contributed by atoms with van der Waals surface area (Å²) in [7, 11) is 3.16. The van der Waals surface area contributed by atoms with Crippen LogP contribution in [0, 0.1) is 0 Å². The number of carbonyl (C=O) groups excluding carboxylic acids is 1. The van der Waals surface area contributed by atoms with E-state index in [1.54, 1.807) is 19.2 Å². The van der Waals surface area contributed by atoms with E-state index in [9.17, 15) is 9.90 Å². The van der Waals surface area contributed by atoms with Crippen LogP contribution in [-0.4, -0.2) is 36.8 Å². The fourth-order valence-corrected chi connectivity index (χ4v) is 3.06. The Morgan fingerprint density at radius 1 is 1.15 bits per heavy atom. The number of rotatable bonds is 6. The standard InChI is InChI=1S/C20H22N2O4/c1-12(23)21-9-8-15-16-11-14(25-2)5-6-17(16)22-20(15)13-4-7-18(24)19(10-13)26-3/h4-7,10-11,22,24H,8-9H2,1-3H3,(H,21,23). The average Bonchev–Trinajstić information content (AvgIpc) is 2.99. The lowest BCUT2D eigenvalue weighted by molar-refractivity contribution is -0.118. The van der Waals surface area contributed by atoms with Crippen molar-refractivity contribution in [3.63, 3.8) is 0 Å². The summed E-state index contributed by atoms with van der Waals surface area (Å²) in [5.74, 6) is 1.21. The summed E-state index contributed by atoms with van der Waals surface area (Å²) >= 11 is 0. The lowest BCUT2D eigenvalue weighted by Crippen LogP contribution is -2.22. The molecule has 0 fully saturated rings. The number of nitrogens with one attached hydrogen (secondary N) is 2. The first-order valence-electron chi connectivity index (χ1n) is 8.34. The smallest absolute Gasteiger partial charge is 0.216 e. The van der Waals surface area contributed by atoms with Gasteiger partial charge in [-0.1, -0.05) is 0 Å². The van der Waals surface area contributed by atoms with Crippen LogP contribution in [0.5, 0.6) is 17.2 Å². The quantitative estimate of drug-likeness (QED) is 0.635. The van der Waals surface area contributed by atoms with E-state index in [0.29, 0.717) is 18.7 Å². The molecule has 136 valence electrons. The number of aromatic amines is 1. The van der Waals surface area contributed by atoms with E-state index in [-0.39, 0.29) is 11.7 Å². The van der Waals surface area contributed by atoms with Crippen molar-refractivity contribution < 1.29 is 19.4 Å². The van der Waals surface area contributed by atoms with Crippen molar-refractivity contribution in [2.75, 3.05) is 20.8 Å². The Morgan fingerprint density at radius 2 is 1.96 bits per heavy atom. The molecule has 3 rings (SSSR count). The van der Waals surface area contributed by atoms with E-state index in [1.807, 2.05) is 24.3 Å². The van der Waals surface area contributed by atoms with Gasteiger partial charge in [0.15, 0.2) is 11.5 Å². The maximum Gasteiger partial charge on any atom is 0.216 e. The minimum Gasteiger partial charge on any atom is -0.504 e. The van der Waals surface area contributed by atoms with Crippen LogP contribution in [0.4, 0.5) is 0 Å². The zero-order chi connectivity index (χ0) is 18.7.